The van der Waals surface area contributed by atoms with Gasteiger partial charge in [0.25, 0.3) is 5.91 Å². The van der Waals surface area contributed by atoms with Crippen LogP contribution in [0.2, 0.25) is 0 Å². The van der Waals surface area contributed by atoms with Crippen molar-refractivity contribution in [3.05, 3.63) is 82.1 Å². The zero-order chi connectivity index (χ0) is 14.8. The number of hydrogen-bond donors (Lipinski definition) is 0. The van der Waals surface area contributed by atoms with E-state index in [4.69, 9.17) is 0 Å². The second kappa shape index (κ2) is 5.25. The summed E-state index contributed by atoms with van der Waals surface area (Å²) in [5.41, 5.74) is 1.66. The maximum atomic E-state index is 12.2. The zero-order valence-electron chi connectivity index (χ0n) is 11.4. The number of aryl methyl sites for hydroxylation is 1. The molecule has 0 N–H and O–H groups in total. The van der Waals surface area contributed by atoms with Crippen LogP contribution >= 0.6 is 0 Å². The SMILES string of the molecule is Cc1ccc(C(=O)/C=C2\N=c3ccccc3=NC2=O)cc1. The molecule has 0 unspecified atom stereocenters. The van der Waals surface area contributed by atoms with E-state index >= 15 is 0 Å². The lowest BCUT2D eigenvalue weighted by Gasteiger charge is -2.02. The third-order valence-corrected chi connectivity index (χ3v) is 3.17. The maximum absolute atomic E-state index is 12.2. The molecule has 0 radical (unpaired) electrons. The molecular formula is C17H12N2O2. The van der Waals surface area contributed by atoms with E-state index in [1.165, 1.54) is 6.08 Å². The minimum absolute atomic E-state index is 0.0688. The Kier molecular flexibility index (Phi) is 3.28. The van der Waals surface area contributed by atoms with Crippen LogP contribution in [-0.2, 0) is 4.79 Å². The molecule has 0 aliphatic carbocycles. The molecule has 21 heavy (non-hydrogen) atoms. The van der Waals surface area contributed by atoms with E-state index in [9.17, 15) is 9.59 Å². The number of carbonyl (C=O) groups excluding carboxylic acids is 2. The number of amides is 1. The largest absolute Gasteiger partial charge is 0.296 e. The van der Waals surface area contributed by atoms with Gasteiger partial charge in [-0.15, -0.1) is 0 Å². The molecule has 0 saturated carbocycles. The highest BCUT2D eigenvalue weighted by Crippen LogP contribution is 2.08. The van der Waals surface area contributed by atoms with Gasteiger partial charge in [0.15, 0.2) is 5.78 Å². The van der Waals surface area contributed by atoms with Gasteiger partial charge in [0, 0.05) is 11.6 Å². The van der Waals surface area contributed by atoms with E-state index in [1.807, 2.05) is 25.1 Å². The van der Waals surface area contributed by atoms with Crippen LogP contribution in [0.15, 0.2) is 70.3 Å². The number of nitrogens with zero attached hydrogens (tertiary/aromatic N) is 2. The van der Waals surface area contributed by atoms with Gasteiger partial charge in [-0.1, -0.05) is 42.0 Å². The molecular weight excluding hydrogens is 264 g/mol. The first-order valence-corrected chi connectivity index (χ1v) is 6.53. The minimum Gasteiger partial charge on any atom is -0.289 e. The molecule has 4 nitrogen and oxygen atoms in total. The third-order valence-electron chi connectivity index (χ3n) is 3.17. The summed E-state index contributed by atoms with van der Waals surface area (Å²) >= 11 is 0. The van der Waals surface area contributed by atoms with Gasteiger partial charge in [-0.3, -0.25) is 9.59 Å². The molecule has 1 aliphatic heterocycles. The number of allylic oxidation sites excluding steroid dienone is 1. The van der Waals surface area contributed by atoms with Crippen LogP contribution in [0.4, 0.5) is 0 Å². The van der Waals surface area contributed by atoms with E-state index < -0.39 is 5.91 Å². The predicted octanol–water partition coefficient (Wildman–Crippen LogP) is 1.54. The zero-order valence-corrected chi connectivity index (χ0v) is 11.4. The van der Waals surface area contributed by atoms with E-state index in [0.717, 1.165) is 5.56 Å². The van der Waals surface area contributed by atoms with E-state index in [1.54, 1.807) is 30.3 Å². The molecule has 2 aromatic carbocycles. The van der Waals surface area contributed by atoms with E-state index in [-0.39, 0.29) is 11.5 Å². The highest BCUT2D eigenvalue weighted by Gasteiger charge is 2.14. The summed E-state index contributed by atoms with van der Waals surface area (Å²) in [5, 5.41) is 1.13. The van der Waals surface area contributed by atoms with Gasteiger partial charge in [-0.25, -0.2) is 9.98 Å². The maximum Gasteiger partial charge on any atom is 0.296 e. The number of hydrogen-bond acceptors (Lipinski definition) is 3. The lowest BCUT2D eigenvalue weighted by atomic mass is 10.1. The van der Waals surface area contributed by atoms with Gasteiger partial charge in [0.1, 0.15) is 5.70 Å². The molecule has 3 rings (SSSR count). The molecule has 0 bridgehead atoms. The Labute approximate surface area is 121 Å². The summed E-state index contributed by atoms with van der Waals surface area (Å²) in [6.07, 6.45) is 1.24. The normalized spacial score (nSPS) is 15.1. The van der Waals surface area contributed by atoms with Gasteiger partial charge in [0.2, 0.25) is 0 Å². The number of para-hydroxylation sites is 2. The molecule has 0 saturated heterocycles. The Morgan fingerprint density at radius 3 is 2.24 bits per heavy atom. The summed E-state index contributed by atoms with van der Waals surface area (Å²) in [6, 6.07) is 14.2. The molecule has 1 heterocycles. The van der Waals surface area contributed by atoms with Crippen molar-refractivity contribution < 1.29 is 9.59 Å². The molecule has 2 aromatic rings. The number of carbonyl (C=O) groups is 2. The molecule has 1 amide bonds. The molecule has 1 aliphatic rings. The third kappa shape index (κ3) is 2.69. The van der Waals surface area contributed by atoms with E-state index in [2.05, 4.69) is 9.98 Å². The van der Waals surface area contributed by atoms with Crippen molar-refractivity contribution in [3.8, 4) is 0 Å². The summed E-state index contributed by atoms with van der Waals surface area (Å²) in [7, 11) is 0. The Morgan fingerprint density at radius 2 is 1.57 bits per heavy atom. The molecule has 4 heteroatoms. The average Bonchev–Trinajstić information content (AvgIpc) is 2.48. The van der Waals surface area contributed by atoms with Crippen molar-refractivity contribution >= 4 is 11.7 Å². The quantitative estimate of drug-likeness (QED) is 0.617. The number of ketones is 1. The first kappa shape index (κ1) is 13.1. The lowest BCUT2D eigenvalue weighted by Crippen LogP contribution is -2.30. The second-order valence-corrected chi connectivity index (χ2v) is 4.78. The van der Waals surface area contributed by atoms with Crippen molar-refractivity contribution in [3.63, 3.8) is 0 Å². The number of benzene rings is 2. The van der Waals surface area contributed by atoms with Crippen LogP contribution in [0.25, 0.3) is 0 Å². The topological polar surface area (TPSA) is 58.9 Å². The summed E-state index contributed by atoms with van der Waals surface area (Å²) in [5.74, 6) is -0.745. The number of fused-ring (bicyclic) bond motifs is 1. The summed E-state index contributed by atoms with van der Waals surface area (Å²) in [4.78, 5) is 32.2. The van der Waals surface area contributed by atoms with Crippen LogP contribution in [0.5, 0.6) is 0 Å². The molecule has 0 spiro atoms. The molecule has 0 fully saturated rings. The Hall–Kier alpha value is -2.88. The smallest absolute Gasteiger partial charge is 0.289 e. The Bertz CT molecular complexity index is 878. The van der Waals surface area contributed by atoms with Crippen molar-refractivity contribution in [1.82, 2.24) is 0 Å². The van der Waals surface area contributed by atoms with Crippen LogP contribution in [0, 0.1) is 6.92 Å². The highest BCUT2D eigenvalue weighted by molar-refractivity contribution is 6.09. The standard InChI is InChI=1S/C17H12N2O2/c1-11-6-8-12(9-7-11)16(20)10-15-17(21)19-14-5-3-2-4-13(14)18-15/h2-10H,1H3/b15-10-. The van der Waals surface area contributed by atoms with Crippen molar-refractivity contribution in [2.75, 3.05) is 0 Å². The fraction of sp³-hybridized carbons (Fsp3) is 0.0588. The van der Waals surface area contributed by atoms with Gasteiger partial charge < -0.3 is 0 Å². The first-order valence-electron chi connectivity index (χ1n) is 6.53. The monoisotopic (exact) mass is 276 g/mol. The van der Waals surface area contributed by atoms with Gasteiger partial charge >= 0.3 is 0 Å². The van der Waals surface area contributed by atoms with Gasteiger partial charge in [-0.2, -0.15) is 0 Å². The molecule has 0 atom stereocenters. The van der Waals surface area contributed by atoms with Crippen LogP contribution in [0.3, 0.4) is 0 Å². The fourth-order valence-corrected chi connectivity index (χ4v) is 2.02. The lowest BCUT2D eigenvalue weighted by molar-refractivity contribution is -0.114. The van der Waals surface area contributed by atoms with Crippen LogP contribution in [0.1, 0.15) is 15.9 Å². The van der Waals surface area contributed by atoms with Crippen molar-refractivity contribution in [2.24, 2.45) is 9.98 Å². The Morgan fingerprint density at radius 1 is 0.952 bits per heavy atom. The number of rotatable bonds is 2. The van der Waals surface area contributed by atoms with Crippen molar-refractivity contribution in [2.45, 2.75) is 6.92 Å². The van der Waals surface area contributed by atoms with Gasteiger partial charge in [-0.05, 0) is 19.1 Å². The second-order valence-electron chi connectivity index (χ2n) is 4.78. The first-order chi connectivity index (χ1) is 10.1. The van der Waals surface area contributed by atoms with Gasteiger partial charge in [0.05, 0.1) is 10.7 Å². The van der Waals surface area contributed by atoms with Crippen LogP contribution < -0.4 is 10.7 Å². The van der Waals surface area contributed by atoms with Crippen LogP contribution in [-0.4, -0.2) is 11.7 Å². The highest BCUT2D eigenvalue weighted by atomic mass is 16.1. The summed E-state index contributed by atoms with van der Waals surface area (Å²) in [6.45, 7) is 1.95. The predicted molar refractivity (Wildman–Crippen MR) is 77.4 cm³/mol. The Balaban J connectivity index is 2.01. The van der Waals surface area contributed by atoms with Crippen molar-refractivity contribution in [1.29, 1.82) is 0 Å². The summed E-state index contributed by atoms with van der Waals surface area (Å²) < 4.78 is 0. The van der Waals surface area contributed by atoms with E-state index in [0.29, 0.717) is 16.3 Å². The fourth-order valence-electron chi connectivity index (χ4n) is 2.02. The molecule has 0 aromatic heterocycles. The average molecular weight is 276 g/mol. The minimum atomic E-state index is -0.492. The molecule has 102 valence electrons.